The Bertz CT molecular complexity index is 784. The van der Waals surface area contributed by atoms with E-state index in [4.69, 9.17) is 9.47 Å². The molecule has 0 aliphatic carbocycles. The fourth-order valence-corrected chi connectivity index (χ4v) is 2.81. The number of hydrogen-bond donors (Lipinski definition) is 0. The van der Waals surface area contributed by atoms with Crippen LogP contribution in [-0.2, 0) is 0 Å². The Morgan fingerprint density at radius 1 is 1.05 bits per heavy atom. The standard InChI is InChI=1S/C17H13NO4/c19-14-7-8-18(13-4-2-1-3-12(13)14)17(20)11-5-6-15-16(9-11)22-10-21-15/h1-6,9H,7-8,10H2. The number of nitrogens with zero attached hydrogens (tertiary/aromatic N) is 1. The van der Waals surface area contributed by atoms with E-state index in [-0.39, 0.29) is 18.5 Å². The molecule has 22 heavy (non-hydrogen) atoms. The molecule has 2 aliphatic heterocycles. The summed E-state index contributed by atoms with van der Waals surface area (Å²) in [5, 5.41) is 0. The molecule has 2 heterocycles. The van der Waals surface area contributed by atoms with Crippen LogP contribution in [0.5, 0.6) is 11.5 Å². The van der Waals surface area contributed by atoms with Crippen LogP contribution in [0.4, 0.5) is 5.69 Å². The summed E-state index contributed by atoms with van der Waals surface area (Å²) in [4.78, 5) is 26.4. The molecule has 110 valence electrons. The van der Waals surface area contributed by atoms with Crippen molar-refractivity contribution >= 4 is 17.4 Å². The lowest BCUT2D eigenvalue weighted by molar-refractivity contribution is 0.0955. The molecule has 1 amide bonds. The summed E-state index contributed by atoms with van der Waals surface area (Å²) in [5.74, 6) is 1.15. The number of Topliss-reactive ketones (excluding diaryl/α,β-unsaturated/α-hetero) is 1. The summed E-state index contributed by atoms with van der Waals surface area (Å²) in [6.07, 6.45) is 0.341. The lowest BCUT2D eigenvalue weighted by Crippen LogP contribution is -2.37. The highest BCUT2D eigenvalue weighted by atomic mass is 16.7. The maximum Gasteiger partial charge on any atom is 0.258 e. The molecule has 5 heteroatoms. The fraction of sp³-hybridized carbons (Fsp3) is 0.176. The molecule has 2 aromatic carbocycles. The Labute approximate surface area is 127 Å². The van der Waals surface area contributed by atoms with Crippen molar-refractivity contribution in [3.05, 3.63) is 53.6 Å². The van der Waals surface area contributed by atoms with E-state index in [0.717, 1.165) is 0 Å². The van der Waals surface area contributed by atoms with E-state index in [1.807, 2.05) is 12.1 Å². The number of para-hydroxylation sites is 1. The molecule has 0 aromatic heterocycles. The molecule has 0 unspecified atom stereocenters. The van der Waals surface area contributed by atoms with Crippen LogP contribution in [0, 0.1) is 0 Å². The monoisotopic (exact) mass is 295 g/mol. The van der Waals surface area contributed by atoms with Crippen molar-refractivity contribution in [2.75, 3.05) is 18.2 Å². The average molecular weight is 295 g/mol. The molecule has 0 saturated carbocycles. The number of fused-ring (bicyclic) bond motifs is 2. The fourth-order valence-electron chi connectivity index (χ4n) is 2.81. The first-order chi connectivity index (χ1) is 10.7. The third-order valence-corrected chi connectivity index (χ3v) is 3.92. The number of carbonyl (C=O) groups is 2. The first-order valence-electron chi connectivity index (χ1n) is 7.08. The van der Waals surface area contributed by atoms with E-state index in [1.165, 1.54) is 0 Å². The predicted molar refractivity (Wildman–Crippen MR) is 79.6 cm³/mol. The molecule has 0 N–H and O–H groups in total. The van der Waals surface area contributed by atoms with Crippen LogP contribution < -0.4 is 14.4 Å². The number of anilines is 1. The highest BCUT2D eigenvalue weighted by Crippen LogP contribution is 2.34. The minimum absolute atomic E-state index is 0.0744. The molecular weight excluding hydrogens is 282 g/mol. The smallest absolute Gasteiger partial charge is 0.258 e. The molecule has 0 spiro atoms. The highest BCUT2D eigenvalue weighted by Gasteiger charge is 2.28. The van der Waals surface area contributed by atoms with E-state index >= 15 is 0 Å². The Balaban J connectivity index is 1.72. The first-order valence-corrected chi connectivity index (χ1v) is 7.08. The van der Waals surface area contributed by atoms with E-state index < -0.39 is 0 Å². The zero-order chi connectivity index (χ0) is 15.1. The van der Waals surface area contributed by atoms with Crippen molar-refractivity contribution < 1.29 is 19.1 Å². The Morgan fingerprint density at radius 2 is 1.86 bits per heavy atom. The van der Waals surface area contributed by atoms with Gasteiger partial charge in [-0.25, -0.2) is 0 Å². The van der Waals surface area contributed by atoms with Gasteiger partial charge < -0.3 is 14.4 Å². The van der Waals surface area contributed by atoms with Gasteiger partial charge in [-0.05, 0) is 30.3 Å². The molecule has 2 aliphatic rings. The predicted octanol–water partition coefficient (Wildman–Crippen LogP) is 2.65. The maximum atomic E-state index is 12.8. The van der Waals surface area contributed by atoms with Crippen LogP contribution in [0.1, 0.15) is 27.1 Å². The van der Waals surface area contributed by atoms with Crippen molar-refractivity contribution in [2.24, 2.45) is 0 Å². The Morgan fingerprint density at radius 3 is 2.77 bits per heavy atom. The summed E-state index contributed by atoms with van der Waals surface area (Å²) in [7, 11) is 0. The van der Waals surface area contributed by atoms with Crippen LogP contribution in [-0.4, -0.2) is 25.0 Å². The van der Waals surface area contributed by atoms with Gasteiger partial charge in [-0.1, -0.05) is 12.1 Å². The second-order valence-corrected chi connectivity index (χ2v) is 5.22. The largest absolute Gasteiger partial charge is 0.454 e. The number of ketones is 1. The van der Waals surface area contributed by atoms with Crippen LogP contribution in [0.15, 0.2) is 42.5 Å². The summed E-state index contributed by atoms with van der Waals surface area (Å²) in [6.45, 7) is 0.567. The van der Waals surface area contributed by atoms with Crippen LogP contribution in [0.2, 0.25) is 0 Å². The van der Waals surface area contributed by atoms with E-state index in [2.05, 4.69) is 0 Å². The molecule has 0 saturated heterocycles. The van der Waals surface area contributed by atoms with Gasteiger partial charge in [-0.15, -0.1) is 0 Å². The molecule has 5 nitrogen and oxygen atoms in total. The molecule has 0 bridgehead atoms. The number of amides is 1. The number of hydrogen-bond acceptors (Lipinski definition) is 4. The van der Waals surface area contributed by atoms with Crippen molar-refractivity contribution in [3.8, 4) is 11.5 Å². The Hall–Kier alpha value is -2.82. The summed E-state index contributed by atoms with van der Waals surface area (Å²) in [6, 6.07) is 12.3. The highest BCUT2D eigenvalue weighted by molar-refractivity contribution is 6.13. The first kappa shape index (κ1) is 12.9. The van der Waals surface area contributed by atoms with E-state index in [1.54, 1.807) is 35.2 Å². The van der Waals surface area contributed by atoms with Gasteiger partial charge in [0.1, 0.15) is 0 Å². The van der Waals surface area contributed by atoms with Gasteiger partial charge in [0, 0.05) is 24.1 Å². The molecule has 2 aromatic rings. The summed E-state index contributed by atoms with van der Waals surface area (Å²) in [5.41, 5.74) is 1.79. The molecule has 0 radical (unpaired) electrons. The molecule has 4 rings (SSSR count). The average Bonchev–Trinajstić information content (AvgIpc) is 3.02. The van der Waals surface area contributed by atoms with Gasteiger partial charge in [0.2, 0.25) is 6.79 Å². The van der Waals surface area contributed by atoms with Crippen LogP contribution in [0.25, 0.3) is 0 Å². The third-order valence-electron chi connectivity index (χ3n) is 3.92. The second kappa shape index (κ2) is 4.87. The molecular formula is C17H13NO4. The van der Waals surface area contributed by atoms with E-state index in [9.17, 15) is 9.59 Å². The minimum Gasteiger partial charge on any atom is -0.454 e. The summed E-state index contributed by atoms with van der Waals surface area (Å²) >= 11 is 0. The lowest BCUT2D eigenvalue weighted by atomic mass is 9.99. The SMILES string of the molecule is O=C1CCN(C(=O)c2ccc3c(c2)OCO3)c2ccccc21. The number of carbonyl (C=O) groups excluding carboxylic acids is 2. The van der Waals surface area contributed by atoms with Gasteiger partial charge >= 0.3 is 0 Å². The van der Waals surface area contributed by atoms with Crippen molar-refractivity contribution in [1.82, 2.24) is 0 Å². The minimum atomic E-state index is -0.141. The number of rotatable bonds is 1. The topological polar surface area (TPSA) is 55.8 Å². The third kappa shape index (κ3) is 1.94. The second-order valence-electron chi connectivity index (χ2n) is 5.22. The summed E-state index contributed by atoms with van der Waals surface area (Å²) < 4.78 is 10.6. The van der Waals surface area contributed by atoms with E-state index in [0.29, 0.717) is 41.3 Å². The van der Waals surface area contributed by atoms with Crippen molar-refractivity contribution in [2.45, 2.75) is 6.42 Å². The molecule has 0 atom stereocenters. The van der Waals surface area contributed by atoms with Gasteiger partial charge in [0.25, 0.3) is 5.91 Å². The maximum absolute atomic E-state index is 12.8. The number of ether oxygens (including phenoxy) is 2. The molecule has 0 fully saturated rings. The van der Waals surface area contributed by atoms with Gasteiger partial charge in [-0.3, -0.25) is 9.59 Å². The normalized spacial score (nSPS) is 15.6. The zero-order valence-electron chi connectivity index (χ0n) is 11.7. The van der Waals surface area contributed by atoms with Gasteiger partial charge in [0.05, 0.1) is 5.69 Å². The van der Waals surface area contributed by atoms with Gasteiger partial charge in [-0.2, -0.15) is 0 Å². The van der Waals surface area contributed by atoms with Crippen molar-refractivity contribution in [1.29, 1.82) is 0 Å². The zero-order valence-corrected chi connectivity index (χ0v) is 11.7. The van der Waals surface area contributed by atoms with Gasteiger partial charge in [0.15, 0.2) is 17.3 Å². The quantitative estimate of drug-likeness (QED) is 0.811. The van der Waals surface area contributed by atoms with Crippen LogP contribution >= 0.6 is 0 Å². The lowest BCUT2D eigenvalue weighted by Gasteiger charge is -2.28. The van der Waals surface area contributed by atoms with Crippen molar-refractivity contribution in [3.63, 3.8) is 0 Å². The number of benzene rings is 2. The Kier molecular flexibility index (Phi) is 2.85. The van der Waals surface area contributed by atoms with Crippen LogP contribution in [0.3, 0.4) is 0 Å².